The molecule has 0 aliphatic carbocycles. The normalized spacial score (nSPS) is 16.1. The van der Waals surface area contributed by atoms with Gasteiger partial charge in [-0.25, -0.2) is 8.42 Å². The van der Waals surface area contributed by atoms with E-state index in [-0.39, 0.29) is 17.3 Å². The average Bonchev–Trinajstić information content (AvgIpc) is 3.00. The lowest BCUT2D eigenvalue weighted by molar-refractivity contribution is 0.0758. The van der Waals surface area contributed by atoms with Crippen LogP contribution in [-0.4, -0.2) is 59.7 Å². The summed E-state index contributed by atoms with van der Waals surface area (Å²) in [4.78, 5) is 22.8. The lowest BCUT2D eigenvalue weighted by Crippen LogP contribution is -2.37. The molecule has 1 amide bonds. The van der Waals surface area contributed by atoms with E-state index in [9.17, 15) is 13.2 Å². The molecular formula is C20H20N4O3S. The number of amides is 1. The Kier molecular flexibility index (Phi) is 5.06. The largest absolute Gasteiger partial charge is 0.336 e. The third-order valence-corrected chi connectivity index (χ3v) is 6.84. The number of sulfonamides is 1. The number of aromatic nitrogens is 2. The molecule has 0 atom stereocenters. The maximum Gasteiger partial charge on any atom is 0.272 e. The Bertz CT molecular complexity index is 1100. The molecule has 3 heterocycles. The second-order valence-electron chi connectivity index (χ2n) is 6.62. The first-order chi connectivity index (χ1) is 13.6. The lowest BCUT2D eigenvalue weighted by Gasteiger charge is -2.22. The molecule has 0 bridgehead atoms. The van der Waals surface area contributed by atoms with E-state index in [1.54, 1.807) is 59.9 Å². The van der Waals surface area contributed by atoms with E-state index in [1.807, 2.05) is 6.07 Å². The van der Waals surface area contributed by atoms with Crippen LogP contribution < -0.4 is 0 Å². The molecule has 1 aliphatic rings. The van der Waals surface area contributed by atoms with Crippen LogP contribution in [0.25, 0.3) is 10.8 Å². The van der Waals surface area contributed by atoms with Crippen LogP contribution in [0.1, 0.15) is 16.9 Å². The number of fused-ring (bicyclic) bond motifs is 1. The molecule has 2 aromatic heterocycles. The monoisotopic (exact) mass is 396 g/mol. The van der Waals surface area contributed by atoms with E-state index in [1.165, 1.54) is 4.31 Å². The standard InChI is InChI=1S/C20H20N4O3S/c25-20(18-6-1-2-9-22-18)23-11-4-12-24(14-13-23)28(26,27)19-7-3-5-16-15-21-10-8-17(16)19/h1-3,5-10,15H,4,11-14H2. The summed E-state index contributed by atoms with van der Waals surface area (Å²) < 4.78 is 28.0. The van der Waals surface area contributed by atoms with Gasteiger partial charge in [0.15, 0.2) is 0 Å². The van der Waals surface area contributed by atoms with Gasteiger partial charge in [0.25, 0.3) is 5.91 Å². The number of pyridine rings is 2. The van der Waals surface area contributed by atoms with Crippen LogP contribution in [0.2, 0.25) is 0 Å². The van der Waals surface area contributed by atoms with Crippen molar-refractivity contribution in [1.82, 2.24) is 19.2 Å². The molecular weight excluding hydrogens is 376 g/mol. The number of carbonyl (C=O) groups excluding carboxylic acids is 1. The zero-order valence-electron chi connectivity index (χ0n) is 15.2. The zero-order chi connectivity index (χ0) is 19.6. The average molecular weight is 396 g/mol. The summed E-state index contributed by atoms with van der Waals surface area (Å²) in [7, 11) is -3.67. The fraction of sp³-hybridized carbons (Fsp3) is 0.250. The fourth-order valence-electron chi connectivity index (χ4n) is 3.45. The fourth-order valence-corrected chi connectivity index (χ4v) is 5.13. The first-order valence-electron chi connectivity index (χ1n) is 9.10. The number of nitrogens with zero attached hydrogens (tertiary/aromatic N) is 4. The van der Waals surface area contributed by atoms with E-state index in [2.05, 4.69) is 9.97 Å². The highest BCUT2D eigenvalue weighted by atomic mass is 32.2. The summed E-state index contributed by atoms with van der Waals surface area (Å²) in [6.07, 6.45) is 5.41. The van der Waals surface area contributed by atoms with Crippen LogP contribution in [0.15, 0.2) is 66.0 Å². The highest BCUT2D eigenvalue weighted by Gasteiger charge is 2.29. The molecule has 7 nitrogen and oxygen atoms in total. The van der Waals surface area contributed by atoms with Crippen molar-refractivity contribution in [3.05, 3.63) is 66.7 Å². The topological polar surface area (TPSA) is 83.5 Å². The number of carbonyl (C=O) groups is 1. The molecule has 1 fully saturated rings. The van der Waals surface area contributed by atoms with Gasteiger partial charge in [-0.1, -0.05) is 18.2 Å². The van der Waals surface area contributed by atoms with Crippen LogP contribution in [0.5, 0.6) is 0 Å². The minimum Gasteiger partial charge on any atom is -0.336 e. The van der Waals surface area contributed by atoms with Gasteiger partial charge in [-0.2, -0.15) is 4.31 Å². The molecule has 1 saturated heterocycles. The smallest absolute Gasteiger partial charge is 0.272 e. The van der Waals surface area contributed by atoms with Gasteiger partial charge < -0.3 is 4.90 Å². The van der Waals surface area contributed by atoms with Crippen molar-refractivity contribution < 1.29 is 13.2 Å². The van der Waals surface area contributed by atoms with Gasteiger partial charge in [-0.05, 0) is 30.7 Å². The molecule has 0 spiro atoms. The van der Waals surface area contributed by atoms with E-state index in [4.69, 9.17) is 0 Å². The number of benzene rings is 1. The van der Waals surface area contributed by atoms with Gasteiger partial charge >= 0.3 is 0 Å². The second-order valence-corrected chi connectivity index (χ2v) is 8.52. The SMILES string of the molecule is O=C(c1ccccn1)N1CCCN(S(=O)(=O)c2cccc3cnccc23)CC1. The molecule has 0 N–H and O–H groups in total. The summed E-state index contributed by atoms with van der Waals surface area (Å²) >= 11 is 0. The van der Waals surface area contributed by atoms with Gasteiger partial charge in [0, 0.05) is 55.5 Å². The minimum atomic E-state index is -3.67. The molecule has 0 unspecified atom stereocenters. The Balaban J connectivity index is 1.57. The van der Waals surface area contributed by atoms with Crippen molar-refractivity contribution in [2.45, 2.75) is 11.3 Å². The van der Waals surface area contributed by atoms with Crippen molar-refractivity contribution in [3.8, 4) is 0 Å². The van der Waals surface area contributed by atoms with Gasteiger partial charge in [-0.15, -0.1) is 0 Å². The molecule has 28 heavy (non-hydrogen) atoms. The molecule has 4 rings (SSSR count). The Morgan fingerprint density at radius 1 is 0.929 bits per heavy atom. The number of hydrogen-bond donors (Lipinski definition) is 0. The molecule has 3 aromatic rings. The maximum atomic E-state index is 13.3. The van der Waals surface area contributed by atoms with Crippen molar-refractivity contribution in [1.29, 1.82) is 0 Å². The van der Waals surface area contributed by atoms with Crippen LogP contribution in [-0.2, 0) is 10.0 Å². The first-order valence-corrected chi connectivity index (χ1v) is 10.5. The molecule has 1 aromatic carbocycles. The Hall–Kier alpha value is -2.84. The summed E-state index contributed by atoms with van der Waals surface area (Å²) in [5.41, 5.74) is 0.375. The molecule has 0 radical (unpaired) electrons. The third kappa shape index (κ3) is 3.48. The maximum absolute atomic E-state index is 13.3. The van der Waals surface area contributed by atoms with Gasteiger partial charge in [0.05, 0.1) is 4.90 Å². The Morgan fingerprint density at radius 3 is 2.64 bits per heavy atom. The van der Waals surface area contributed by atoms with E-state index in [0.29, 0.717) is 37.1 Å². The zero-order valence-corrected chi connectivity index (χ0v) is 16.0. The van der Waals surface area contributed by atoms with Crippen molar-refractivity contribution in [2.24, 2.45) is 0 Å². The van der Waals surface area contributed by atoms with Crippen LogP contribution >= 0.6 is 0 Å². The van der Waals surface area contributed by atoms with Gasteiger partial charge in [0.2, 0.25) is 10.0 Å². The molecule has 0 saturated carbocycles. The summed E-state index contributed by atoms with van der Waals surface area (Å²) in [6.45, 7) is 1.46. The second kappa shape index (κ2) is 7.65. The summed E-state index contributed by atoms with van der Waals surface area (Å²) in [6, 6.07) is 12.1. The Labute approximate surface area is 163 Å². The van der Waals surface area contributed by atoms with Gasteiger partial charge in [-0.3, -0.25) is 14.8 Å². The number of hydrogen-bond acceptors (Lipinski definition) is 5. The molecule has 8 heteroatoms. The predicted molar refractivity (Wildman–Crippen MR) is 105 cm³/mol. The van der Waals surface area contributed by atoms with Crippen molar-refractivity contribution >= 4 is 26.7 Å². The van der Waals surface area contributed by atoms with E-state index < -0.39 is 10.0 Å². The van der Waals surface area contributed by atoms with Crippen LogP contribution in [0.4, 0.5) is 0 Å². The predicted octanol–water partition coefficient (Wildman–Crippen LogP) is 2.17. The highest BCUT2D eigenvalue weighted by molar-refractivity contribution is 7.89. The minimum absolute atomic E-state index is 0.170. The third-order valence-electron chi connectivity index (χ3n) is 4.88. The van der Waals surface area contributed by atoms with E-state index in [0.717, 1.165) is 5.39 Å². The number of rotatable bonds is 3. The Morgan fingerprint density at radius 2 is 1.82 bits per heavy atom. The van der Waals surface area contributed by atoms with E-state index >= 15 is 0 Å². The summed E-state index contributed by atoms with van der Waals surface area (Å²) in [5.74, 6) is -0.170. The molecule has 1 aliphatic heterocycles. The van der Waals surface area contributed by atoms with Crippen molar-refractivity contribution in [3.63, 3.8) is 0 Å². The highest BCUT2D eigenvalue weighted by Crippen LogP contribution is 2.26. The lowest BCUT2D eigenvalue weighted by atomic mass is 10.2. The van der Waals surface area contributed by atoms with Crippen LogP contribution in [0.3, 0.4) is 0 Å². The quantitative estimate of drug-likeness (QED) is 0.678. The van der Waals surface area contributed by atoms with Crippen molar-refractivity contribution in [2.75, 3.05) is 26.2 Å². The molecule has 144 valence electrons. The van der Waals surface area contributed by atoms with Gasteiger partial charge in [0.1, 0.15) is 5.69 Å². The summed E-state index contributed by atoms with van der Waals surface area (Å²) in [5, 5.41) is 1.44. The first kappa shape index (κ1) is 18.5. The van der Waals surface area contributed by atoms with Crippen LogP contribution in [0, 0.1) is 0 Å².